The SMILES string of the molecule is CN(C)C1CN(CCCC(=O)c2noc3c2CN(c2ncnc4[nH]ccc24)CC3)C1.CN(C)C1CN(CCN)C1.O=C(O)c1noc2c1CN(c1ncnc3[nH]ccc13)CC2. The van der Waals surface area contributed by atoms with Gasteiger partial charge in [0, 0.05) is 107 Å². The Labute approximate surface area is 353 Å². The quantitative estimate of drug-likeness (QED) is 0.129. The Morgan fingerprint density at radius 1 is 0.754 bits per heavy atom. The number of aromatic nitrogens is 8. The lowest BCUT2D eigenvalue weighted by Gasteiger charge is -2.42. The first-order chi connectivity index (χ1) is 29.6. The fraction of sp³-hybridized carbons (Fsp3) is 0.512. The molecule has 0 aliphatic carbocycles. The zero-order valence-corrected chi connectivity index (χ0v) is 35.2. The highest BCUT2D eigenvalue weighted by Crippen LogP contribution is 2.31. The maximum absolute atomic E-state index is 12.9. The number of likely N-dealkylation sites (tertiary alicyclic amines) is 2. The van der Waals surface area contributed by atoms with Gasteiger partial charge in [-0.05, 0) is 53.3 Å². The molecule has 324 valence electrons. The van der Waals surface area contributed by atoms with Gasteiger partial charge in [0.2, 0.25) is 0 Å². The van der Waals surface area contributed by atoms with Gasteiger partial charge in [0.25, 0.3) is 0 Å². The molecular weight excluding hydrogens is 783 g/mol. The molecule has 20 nitrogen and oxygen atoms in total. The number of H-pyrrole nitrogens is 2. The van der Waals surface area contributed by atoms with Crippen molar-refractivity contribution in [1.29, 1.82) is 0 Å². The van der Waals surface area contributed by atoms with Crippen molar-refractivity contribution in [3.63, 3.8) is 0 Å². The van der Waals surface area contributed by atoms with E-state index in [2.05, 4.69) is 92.9 Å². The van der Waals surface area contributed by atoms with Crippen LogP contribution in [0, 0.1) is 0 Å². The average molecular weight is 838 g/mol. The summed E-state index contributed by atoms with van der Waals surface area (Å²) in [6.45, 7) is 9.83. The van der Waals surface area contributed by atoms with Crippen molar-refractivity contribution in [2.45, 2.75) is 50.9 Å². The molecule has 10 rings (SSSR count). The Morgan fingerprint density at radius 2 is 1.25 bits per heavy atom. The van der Waals surface area contributed by atoms with Gasteiger partial charge in [0.05, 0.1) is 23.9 Å². The number of nitrogens with zero attached hydrogens (tertiary/aromatic N) is 12. The van der Waals surface area contributed by atoms with Crippen LogP contribution < -0.4 is 15.5 Å². The number of Topliss-reactive ketones (excluding diaryl/α,β-unsaturated/α-hetero) is 1. The zero-order valence-electron chi connectivity index (χ0n) is 35.2. The molecule has 5 N–H and O–H groups in total. The first-order valence-corrected chi connectivity index (χ1v) is 20.8. The van der Waals surface area contributed by atoms with Crippen molar-refractivity contribution >= 4 is 45.5 Å². The van der Waals surface area contributed by atoms with Crippen molar-refractivity contribution in [2.24, 2.45) is 5.73 Å². The second-order valence-electron chi connectivity index (χ2n) is 16.5. The summed E-state index contributed by atoms with van der Waals surface area (Å²) < 4.78 is 10.6. The van der Waals surface area contributed by atoms with Gasteiger partial charge in [-0.1, -0.05) is 10.3 Å². The van der Waals surface area contributed by atoms with Gasteiger partial charge in [0.15, 0.2) is 17.2 Å². The first kappa shape index (κ1) is 41.9. The van der Waals surface area contributed by atoms with E-state index in [1.165, 1.54) is 19.4 Å². The van der Waals surface area contributed by atoms with Crippen molar-refractivity contribution in [3.8, 4) is 0 Å². The molecule has 0 bridgehead atoms. The standard InChI is InChI=1S/C21H27N7O2.C13H11N5O3.C7H17N3/c1-26(2)14-10-27(11-14)8-3-4-17(29)19-16-12-28(9-6-18(16)30-25-19)21-15-5-7-22-20(15)23-13-24-21;19-13(20)10-8-5-18(4-2-9(8)21-17-10)12-7-1-3-14-11(7)15-6-16-12;1-9(2)7-5-10(6-7)4-3-8/h5,7,13-14H,3-4,6,8-12H2,1-2H3,(H,22,23,24);1,3,6H,2,4-5H2,(H,19,20)(H,14,15,16);7H,3-6,8H2,1-2H3. The third-order valence-corrected chi connectivity index (χ3v) is 12.0. The Balaban J connectivity index is 0.000000143. The van der Waals surface area contributed by atoms with Crippen LogP contribution in [0.3, 0.4) is 0 Å². The number of carbonyl (C=O) groups is 2. The summed E-state index contributed by atoms with van der Waals surface area (Å²) in [5, 5.41) is 18.8. The molecule has 0 aromatic carbocycles. The van der Waals surface area contributed by atoms with Crippen LogP contribution in [0.4, 0.5) is 11.6 Å². The zero-order chi connectivity index (χ0) is 42.6. The first-order valence-electron chi connectivity index (χ1n) is 20.8. The molecule has 0 atom stereocenters. The monoisotopic (exact) mass is 837 g/mol. The van der Waals surface area contributed by atoms with Crippen LogP contribution in [0.5, 0.6) is 0 Å². The third-order valence-electron chi connectivity index (χ3n) is 12.0. The van der Waals surface area contributed by atoms with Gasteiger partial charge >= 0.3 is 5.97 Å². The summed E-state index contributed by atoms with van der Waals surface area (Å²) in [4.78, 5) is 60.9. The Morgan fingerprint density at radius 3 is 1.74 bits per heavy atom. The van der Waals surface area contributed by atoms with E-state index in [9.17, 15) is 9.59 Å². The number of carboxylic acids is 1. The Kier molecular flexibility index (Phi) is 12.7. The molecule has 2 saturated heterocycles. The van der Waals surface area contributed by atoms with Crippen molar-refractivity contribution in [1.82, 2.24) is 59.8 Å². The number of likely N-dealkylation sites (N-methyl/N-ethyl adjacent to an activating group) is 2. The number of carboxylic acid groups (broad SMARTS) is 1. The molecule has 6 aromatic heterocycles. The van der Waals surface area contributed by atoms with E-state index in [0.717, 1.165) is 96.8 Å². The number of ketones is 1. The molecule has 0 unspecified atom stereocenters. The molecule has 0 saturated carbocycles. The molecule has 6 aromatic rings. The summed E-state index contributed by atoms with van der Waals surface area (Å²) in [6.07, 6.45) is 9.40. The van der Waals surface area contributed by atoms with Crippen LogP contribution in [0.15, 0.2) is 46.2 Å². The topological polar surface area (TPSA) is 235 Å². The van der Waals surface area contributed by atoms with Crippen molar-refractivity contribution in [3.05, 3.63) is 71.2 Å². The summed E-state index contributed by atoms with van der Waals surface area (Å²) in [7, 11) is 8.49. The highest BCUT2D eigenvalue weighted by Gasteiger charge is 2.32. The number of fused-ring (bicyclic) bond motifs is 4. The van der Waals surface area contributed by atoms with E-state index in [1.54, 1.807) is 12.5 Å². The molecule has 61 heavy (non-hydrogen) atoms. The van der Waals surface area contributed by atoms with Crippen molar-refractivity contribution < 1.29 is 23.7 Å². The van der Waals surface area contributed by atoms with Gasteiger partial charge in [0.1, 0.15) is 47.1 Å². The smallest absolute Gasteiger partial charge is 0.358 e. The van der Waals surface area contributed by atoms with E-state index < -0.39 is 5.97 Å². The van der Waals surface area contributed by atoms with E-state index in [0.29, 0.717) is 62.0 Å². The fourth-order valence-corrected chi connectivity index (χ4v) is 8.26. The van der Waals surface area contributed by atoms with Gasteiger partial charge in [-0.2, -0.15) is 0 Å². The number of carbonyl (C=O) groups excluding carboxylic acids is 1. The molecular formula is C41H55N15O5. The van der Waals surface area contributed by atoms with Gasteiger partial charge in [-0.3, -0.25) is 9.69 Å². The van der Waals surface area contributed by atoms with Gasteiger partial charge in [-0.15, -0.1) is 0 Å². The number of hydrogen-bond acceptors (Lipinski definition) is 17. The molecule has 20 heteroatoms. The number of rotatable bonds is 12. The van der Waals surface area contributed by atoms with Crippen LogP contribution in [0.1, 0.15) is 56.5 Å². The van der Waals surface area contributed by atoms with Crippen molar-refractivity contribution in [2.75, 3.05) is 96.9 Å². The van der Waals surface area contributed by atoms with Crippen LogP contribution in [0.25, 0.3) is 22.1 Å². The predicted octanol–water partition coefficient (Wildman–Crippen LogP) is 2.12. The van der Waals surface area contributed by atoms with Crippen LogP contribution in [0.2, 0.25) is 0 Å². The third kappa shape index (κ3) is 9.13. The highest BCUT2D eigenvalue weighted by atomic mass is 16.5. The second-order valence-corrected chi connectivity index (χ2v) is 16.5. The lowest BCUT2D eigenvalue weighted by atomic mass is 10.0. The van der Waals surface area contributed by atoms with E-state index >= 15 is 0 Å². The van der Waals surface area contributed by atoms with E-state index in [4.69, 9.17) is 19.9 Å². The predicted molar refractivity (Wildman–Crippen MR) is 228 cm³/mol. The molecule has 0 amide bonds. The Bertz CT molecular complexity index is 2430. The normalized spacial score (nSPS) is 17.1. The maximum atomic E-state index is 12.9. The van der Waals surface area contributed by atoms with Gasteiger partial charge in [-0.25, -0.2) is 24.7 Å². The Hall–Kier alpha value is -5.80. The number of nitrogens with two attached hydrogens (primary N) is 1. The molecule has 10 heterocycles. The summed E-state index contributed by atoms with van der Waals surface area (Å²) in [5.74, 6) is 2.12. The minimum atomic E-state index is -1.07. The van der Waals surface area contributed by atoms with E-state index in [-0.39, 0.29) is 11.5 Å². The molecule has 2 fully saturated rings. The second kappa shape index (κ2) is 18.4. The number of aromatic amines is 2. The maximum Gasteiger partial charge on any atom is 0.358 e. The minimum absolute atomic E-state index is 0.0194. The summed E-state index contributed by atoms with van der Waals surface area (Å²) >= 11 is 0. The van der Waals surface area contributed by atoms with Crippen LogP contribution >= 0.6 is 0 Å². The lowest BCUT2D eigenvalue weighted by Crippen LogP contribution is -2.58. The molecule has 0 spiro atoms. The lowest BCUT2D eigenvalue weighted by molar-refractivity contribution is 0.0615. The van der Waals surface area contributed by atoms with E-state index in [1.807, 2.05) is 23.2 Å². The fourth-order valence-electron chi connectivity index (χ4n) is 8.26. The number of anilines is 2. The molecule has 4 aliphatic rings. The number of nitrogens with one attached hydrogen (secondary N) is 2. The summed E-state index contributed by atoms with van der Waals surface area (Å²) in [5.41, 5.74) is 8.98. The molecule has 0 radical (unpaired) electrons. The summed E-state index contributed by atoms with van der Waals surface area (Å²) in [6, 6.07) is 5.30. The minimum Gasteiger partial charge on any atom is -0.476 e. The average Bonchev–Trinajstić information content (AvgIpc) is 4.05. The molecule has 4 aliphatic heterocycles. The highest BCUT2D eigenvalue weighted by molar-refractivity contribution is 5.96. The number of hydrogen-bond donors (Lipinski definition) is 4. The van der Waals surface area contributed by atoms with Gasteiger partial charge < -0.3 is 54.4 Å². The number of aromatic carboxylic acids is 1. The van der Waals surface area contributed by atoms with Crippen LogP contribution in [-0.2, 0) is 25.9 Å². The van der Waals surface area contributed by atoms with Crippen LogP contribution in [-0.4, -0.2) is 176 Å². The largest absolute Gasteiger partial charge is 0.476 e.